The standard InChI is InChI=1S/C10H13ClN2O2/c1-4-6(11)7-8(12-3)13-9(14)10(7,15)5-2/h4,15H,3,5H2,1-2H3,(H,13,14)/b6-4+. The van der Waals surface area contributed by atoms with Crippen molar-refractivity contribution in [3.05, 3.63) is 22.5 Å². The number of aliphatic imine (C=N–C) groups is 1. The van der Waals surface area contributed by atoms with Crippen LogP contribution in [0.4, 0.5) is 0 Å². The molecule has 0 aromatic carbocycles. The molecule has 0 spiro atoms. The van der Waals surface area contributed by atoms with Crippen molar-refractivity contribution >= 4 is 24.2 Å². The fraction of sp³-hybridized carbons (Fsp3) is 0.400. The number of nitrogens with zero attached hydrogens (tertiary/aromatic N) is 1. The van der Waals surface area contributed by atoms with Crippen molar-refractivity contribution in [1.29, 1.82) is 0 Å². The van der Waals surface area contributed by atoms with Gasteiger partial charge in [-0.2, -0.15) is 0 Å². The number of hydrogen-bond donors (Lipinski definition) is 2. The van der Waals surface area contributed by atoms with Crippen LogP contribution in [0.1, 0.15) is 20.3 Å². The Morgan fingerprint density at radius 1 is 1.80 bits per heavy atom. The lowest BCUT2D eigenvalue weighted by atomic mass is 9.92. The lowest BCUT2D eigenvalue weighted by molar-refractivity contribution is -0.133. The van der Waals surface area contributed by atoms with E-state index in [0.29, 0.717) is 10.6 Å². The second-order valence-corrected chi connectivity index (χ2v) is 3.59. The second kappa shape index (κ2) is 4.16. The SMILES string of the molecule is C=NC1=C(/C(Cl)=C\C)C(O)(CC)C(=O)N1. The smallest absolute Gasteiger partial charge is 0.262 e. The van der Waals surface area contributed by atoms with Gasteiger partial charge in [0.15, 0.2) is 5.60 Å². The average molecular weight is 229 g/mol. The van der Waals surface area contributed by atoms with Crippen molar-refractivity contribution in [3.63, 3.8) is 0 Å². The van der Waals surface area contributed by atoms with Crippen molar-refractivity contribution in [2.24, 2.45) is 4.99 Å². The van der Waals surface area contributed by atoms with Crippen LogP contribution in [0.15, 0.2) is 27.5 Å². The first-order chi connectivity index (χ1) is 7.01. The monoisotopic (exact) mass is 228 g/mol. The molecule has 0 aliphatic carbocycles. The van der Waals surface area contributed by atoms with E-state index in [-0.39, 0.29) is 12.2 Å². The largest absolute Gasteiger partial charge is 0.375 e. The summed E-state index contributed by atoms with van der Waals surface area (Å²) in [5.74, 6) is -0.283. The lowest BCUT2D eigenvalue weighted by Crippen LogP contribution is -2.40. The minimum Gasteiger partial charge on any atom is -0.375 e. The number of amides is 1. The summed E-state index contributed by atoms with van der Waals surface area (Å²) in [6.07, 6.45) is 1.83. The summed E-state index contributed by atoms with van der Waals surface area (Å²) in [5.41, 5.74) is -1.30. The molecular formula is C10H13ClN2O2. The lowest BCUT2D eigenvalue weighted by Gasteiger charge is -2.20. The van der Waals surface area contributed by atoms with Gasteiger partial charge in [-0.25, -0.2) is 4.99 Å². The summed E-state index contributed by atoms with van der Waals surface area (Å²) in [4.78, 5) is 15.2. The number of carbonyl (C=O) groups is 1. The highest BCUT2D eigenvalue weighted by molar-refractivity contribution is 6.33. The Kier molecular flexibility index (Phi) is 3.31. The van der Waals surface area contributed by atoms with Crippen LogP contribution in [0.25, 0.3) is 0 Å². The molecule has 1 aliphatic heterocycles. The fourth-order valence-corrected chi connectivity index (χ4v) is 1.74. The van der Waals surface area contributed by atoms with Gasteiger partial charge in [-0.05, 0) is 20.1 Å². The maximum atomic E-state index is 11.6. The van der Waals surface area contributed by atoms with Gasteiger partial charge in [0.25, 0.3) is 5.91 Å². The van der Waals surface area contributed by atoms with Gasteiger partial charge in [-0.15, -0.1) is 0 Å². The van der Waals surface area contributed by atoms with Crippen molar-refractivity contribution in [1.82, 2.24) is 5.32 Å². The van der Waals surface area contributed by atoms with Gasteiger partial charge in [0.05, 0.1) is 5.57 Å². The summed E-state index contributed by atoms with van der Waals surface area (Å²) < 4.78 is 0. The third-order valence-corrected chi connectivity index (χ3v) is 2.83. The predicted molar refractivity (Wildman–Crippen MR) is 59.6 cm³/mol. The van der Waals surface area contributed by atoms with Crippen LogP contribution in [0.5, 0.6) is 0 Å². The number of hydrogen-bond acceptors (Lipinski definition) is 3. The zero-order valence-corrected chi connectivity index (χ0v) is 9.43. The maximum Gasteiger partial charge on any atom is 0.262 e. The number of rotatable bonds is 3. The molecule has 0 aromatic heterocycles. The minimum absolute atomic E-state index is 0.229. The molecule has 1 atom stereocenters. The molecule has 1 aliphatic rings. The molecule has 5 heteroatoms. The third-order valence-electron chi connectivity index (χ3n) is 2.42. The predicted octanol–water partition coefficient (Wildman–Crippen LogP) is 1.31. The molecule has 0 saturated carbocycles. The Morgan fingerprint density at radius 3 is 2.80 bits per heavy atom. The molecule has 1 heterocycles. The quantitative estimate of drug-likeness (QED) is 0.716. The maximum absolute atomic E-state index is 11.6. The van der Waals surface area contributed by atoms with Gasteiger partial charge in [-0.1, -0.05) is 24.6 Å². The minimum atomic E-state index is -1.60. The topological polar surface area (TPSA) is 61.7 Å². The third kappa shape index (κ3) is 1.70. The van der Waals surface area contributed by atoms with Crippen LogP contribution < -0.4 is 5.32 Å². The highest BCUT2D eigenvalue weighted by Crippen LogP contribution is 2.36. The van der Waals surface area contributed by atoms with E-state index in [1.54, 1.807) is 19.9 Å². The molecule has 0 bridgehead atoms. The van der Waals surface area contributed by atoms with Crippen LogP contribution in [0.3, 0.4) is 0 Å². The number of carbonyl (C=O) groups excluding carboxylic acids is 1. The normalized spacial score (nSPS) is 26.9. The van der Waals surface area contributed by atoms with Crippen molar-refractivity contribution < 1.29 is 9.90 Å². The molecule has 4 nitrogen and oxygen atoms in total. The van der Waals surface area contributed by atoms with Gasteiger partial charge >= 0.3 is 0 Å². The van der Waals surface area contributed by atoms with Crippen LogP contribution in [-0.2, 0) is 4.79 Å². The summed E-state index contributed by atoms with van der Waals surface area (Å²) in [6, 6.07) is 0. The van der Waals surface area contributed by atoms with E-state index in [1.165, 1.54) is 0 Å². The van der Waals surface area contributed by atoms with E-state index in [1.807, 2.05) is 0 Å². The van der Waals surface area contributed by atoms with E-state index in [4.69, 9.17) is 11.6 Å². The summed E-state index contributed by atoms with van der Waals surface area (Å²) in [6.45, 7) is 6.74. The van der Waals surface area contributed by atoms with Crippen LogP contribution in [-0.4, -0.2) is 23.3 Å². The van der Waals surface area contributed by atoms with Crippen LogP contribution in [0, 0.1) is 0 Å². The molecule has 15 heavy (non-hydrogen) atoms. The molecule has 2 N–H and O–H groups in total. The molecule has 0 fully saturated rings. The first kappa shape index (κ1) is 11.9. The summed E-state index contributed by atoms with van der Waals surface area (Å²) in [5, 5.41) is 12.9. The van der Waals surface area contributed by atoms with Gasteiger partial charge < -0.3 is 10.4 Å². The Balaban J connectivity index is 3.36. The average Bonchev–Trinajstić information content (AvgIpc) is 2.51. The summed E-state index contributed by atoms with van der Waals surface area (Å²) >= 11 is 5.94. The Labute approximate surface area is 93.3 Å². The van der Waals surface area contributed by atoms with Crippen LogP contribution in [0.2, 0.25) is 0 Å². The van der Waals surface area contributed by atoms with E-state index < -0.39 is 11.5 Å². The first-order valence-electron chi connectivity index (χ1n) is 4.58. The van der Waals surface area contributed by atoms with Gasteiger partial charge in [0.2, 0.25) is 0 Å². The number of aliphatic hydroxyl groups is 1. The number of halogens is 1. The molecule has 1 amide bonds. The van der Waals surface area contributed by atoms with Crippen molar-refractivity contribution in [2.75, 3.05) is 0 Å². The highest BCUT2D eigenvalue weighted by Gasteiger charge is 2.46. The molecule has 1 rings (SSSR count). The van der Waals surface area contributed by atoms with Crippen LogP contribution >= 0.6 is 11.6 Å². The first-order valence-corrected chi connectivity index (χ1v) is 4.96. The zero-order chi connectivity index (χ0) is 11.6. The van der Waals surface area contributed by atoms with Gasteiger partial charge in [0.1, 0.15) is 5.82 Å². The van der Waals surface area contributed by atoms with E-state index in [2.05, 4.69) is 17.0 Å². The van der Waals surface area contributed by atoms with E-state index >= 15 is 0 Å². The molecule has 0 aromatic rings. The van der Waals surface area contributed by atoms with Crippen molar-refractivity contribution in [2.45, 2.75) is 25.9 Å². The Bertz CT molecular complexity index is 374. The fourth-order valence-electron chi connectivity index (χ4n) is 1.49. The van der Waals surface area contributed by atoms with E-state index in [0.717, 1.165) is 0 Å². The summed E-state index contributed by atoms with van der Waals surface area (Å²) in [7, 11) is 0. The van der Waals surface area contributed by atoms with Crippen molar-refractivity contribution in [3.8, 4) is 0 Å². The van der Waals surface area contributed by atoms with Gasteiger partial charge in [-0.3, -0.25) is 4.79 Å². The molecular weight excluding hydrogens is 216 g/mol. The Hall–Kier alpha value is -1.13. The second-order valence-electron chi connectivity index (χ2n) is 3.19. The Morgan fingerprint density at radius 2 is 2.40 bits per heavy atom. The molecule has 0 saturated heterocycles. The zero-order valence-electron chi connectivity index (χ0n) is 8.67. The number of allylic oxidation sites excluding steroid dienone is 1. The van der Waals surface area contributed by atoms with E-state index in [9.17, 15) is 9.90 Å². The highest BCUT2D eigenvalue weighted by atomic mass is 35.5. The number of nitrogens with one attached hydrogen (secondary N) is 1. The van der Waals surface area contributed by atoms with Gasteiger partial charge in [0, 0.05) is 5.03 Å². The molecule has 1 unspecified atom stereocenters. The molecule has 0 radical (unpaired) electrons. The molecule has 82 valence electrons.